The Bertz CT molecular complexity index is 790. The van der Waals surface area contributed by atoms with Gasteiger partial charge >= 0.3 is 0 Å². The van der Waals surface area contributed by atoms with E-state index in [1.165, 1.54) is 62.3 Å². The first-order valence-electron chi connectivity index (χ1n) is 10.4. The van der Waals surface area contributed by atoms with E-state index in [9.17, 15) is 0 Å². The number of allylic oxidation sites excluding steroid dienone is 2. The Morgan fingerprint density at radius 3 is 3.00 bits per heavy atom. The lowest BCUT2D eigenvalue weighted by molar-refractivity contribution is 0.200. The summed E-state index contributed by atoms with van der Waals surface area (Å²) in [4.78, 5) is 17.2. The van der Waals surface area contributed by atoms with Crippen LogP contribution in [0.25, 0.3) is 0 Å². The fourth-order valence-corrected chi connectivity index (χ4v) is 5.05. The van der Waals surface area contributed by atoms with Crippen molar-refractivity contribution in [2.24, 2.45) is 4.99 Å². The zero-order valence-corrected chi connectivity index (χ0v) is 16.2. The first-order chi connectivity index (χ1) is 13.3. The van der Waals surface area contributed by atoms with Crippen molar-refractivity contribution in [2.75, 3.05) is 33.2 Å². The van der Waals surface area contributed by atoms with Gasteiger partial charge in [-0.1, -0.05) is 12.1 Å². The van der Waals surface area contributed by atoms with Gasteiger partial charge in [0.05, 0.1) is 17.8 Å². The van der Waals surface area contributed by atoms with Crippen LogP contribution in [0.3, 0.4) is 0 Å². The number of rotatable bonds is 4. The molecule has 5 rings (SSSR count). The van der Waals surface area contributed by atoms with Gasteiger partial charge in [0, 0.05) is 32.4 Å². The number of likely N-dealkylation sites (tertiary alicyclic amines) is 1. The Morgan fingerprint density at radius 2 is 2.11 bits per heavy atom. The van der Waals surface area contributed by atoms with E-state index in [0.717, 1.165) is 18.9 Å². The molecular weight excluding hydrogens is 334 g/mol. The third kappa shape index (κ3) is 3.18. The molecule has 0 aromatic carbocycles. The van der Waals surface area contributed by atoms with Crippen molar-refractivity contribution in [3.63, 3.8) is 0 Å². The van der Waals surface area contributed by atoms with Gasteiger partial charge in [0.15, 0.2) is 0 Å². The van der Waals surface area contributed by atoms with Crippen LogP contribution in [0, 0.1) is 0 Å². The van der Waals surface area contributed by atoms with E-state index in [4.69, 9.17) is 9.98 Å². The highest BCUT2D eigenvalue weighted by Crippen LogP contribution is 2.33. The monoisotopic (exact) mass is 363 g/mol. The number of aliphatic imine (C=N–C) groups is 1. The number of pyridine rings is 1. The minimum atomic E-state index is 0.327. The molecule has 0 saturated carbocycles. The van der Waals surface area contributed by atoms with Gasteiger partial charge in [0.1, 0.15) is 11.7 Å². The van der Waals surface area contributed by atoms with Gasteiger partial charge in [-0.2, -0.15) is 0 Å². The van der Waals surface area contributed by atoms with E-state index in [2.05, 4.69) is 52.1 Å². The molecule has 0 spiro atoms. The molecule has 1 unspecified atom stereocenters. The summed E-state index contributed by atoms with van der Waals surface area (Å²) in [5.74, 6) is 2.49. The first kappa shape index (κ1) is 17.0. The zero-order chi connectivity index (χ0) is 18.2. The molecule has 0 amide bonds. The molecule has 27 heavy (non-hydrogen) atoms. The molecule has 1 aromatic heterocycles. The lowest BCUT2D eigenvalue weighted by Crippen LogP contribution is -2.40. The second-order valence-electron chi connectivity index (χ2n) is 8.23. The largest absolute Gasteiger partial charge is 0.358 e. The lowest BCUT2D eigenvalue weighted by atomic mass is 9.91. The van der Waals surface area contributed by atoms with Crippen molar-refractivity contribution in [1.29, 1.82) is 0 Å². The maximum Gasteiger partial charge on any atom is 0.129 e. The molecule has 3 aliphatic heterocycles. The fraction of sp³-hybridized carbons (Fsp3) is 0.545. The van der Waals surface area contributed by atoms with Crippen molar-refractivity contribution < 1.29 is 0 Å². The number of hydrogen-bond donors (Lipinski definition) is 0. The summed E-state index contributed by atoms with van der Waals surface area (Å²) in [6.45, 7) is 4.34. The molecule has 5 heteroatoms. The van der Waals surface area contributed by atoms with Crippen LogP contribution >= 0.6 is 0 Å². The average molecular weight is 364 g/mol. The molecule has 2 atom stereocenters. The summed E-state index contributed by atoms with van der Waals surface area (Å²) in [7, 11) is 2.25. The predicted octanol–water partition coefficient (Wildman–Crippen LogP) is 2.98. The average Bonchev–Trinajstić information content (AvgIpc) is 3.36. The second kappa shape index (κ2) is 7.12. The maximum absolute atomic E-state index is 5.05. The number of aryl methyl sites for hydroxylation is 1. The Kier molecular flexibility index (Phi) is 4.48. The van der Waals surface area contributed by atoms with Crippen molar-refractivity contribution in [3.05, 3.63) is 53.6 Å². The van der Waals surface area contributed by atoms with E-state index >= 15 is 0 Å². The summed E-state index contributed by atoms with van der Waals surface area (Å²) in [5, 5.41) is 0. The van der Waals surface area contributed by atoms with E-state index in [1.54, 1.807) is 0 Å². The number of fused-ring (bicyclic) bond motifs is 2. The molecule has 1 aliphatic carbocycles. The molecule has 1 saturated heterocycles. The van der Waals surface area contributed by atoms with Crippen LogP contribution in [0.2, 0.25) is 0 Å². The van der Waals surface area contributed by atoms with Gasteiger partial charge in [-0.25, -0.2) is 0 Å². The quantitative estimate of drug-likeness (QED) is 0.824. The summed E-state index contributed by atoms with van der Waals surface area (Å²) in [5.41, 5.74) is 2.71. The van der Waals surface area contributed by atoms with E-state index < -0.39 is 0 Å². The Labute approximate surface area is 162 Å². The standard InChI is InChI=1S/C22H29N5/c1-25(19-9-4-7-17-8-6-12-23-22(17)19)15-18-16-27-20(24-18)10-5-11-21(27)26-13-2-3-14-26/h5-6,8,10-12,18-19H,2-4,7,9,13-16H2,1H3/t18?,19-/m0/s1. The highest BCUT2D eigenvalue weighted by molar-refractivity contribution is 5.96. The molecule has 0 radical (unpaired) electrons. The molecule has 0 N–H and O–H groups in total. The first-order valence-corrected chi connectivity index (χ1v) is 10.4. The van der Waals surface area contributed by atoms with Gasteiger partial charge in [0.25, 0.3) is 0 Å². The number of nitrogens with zero attached hydrogens (tertiary/aromatic N) is 5. The summed E-state index contributed by atoms with van der Waals surface area (Å²) in [6, 6.07) is 5.07. The van der Waals surface area contributed by atoms with Crippen molar-refractivity contribution in [2.45, 2.75) is 44.2 Å². The molecule has 0 bridgehead atoms. The van der Waals surface area contributed by atoms with Gasteiger partial charge < -0.3 is 9.80 Å². The van der Waals surface area contributed by atoms with Gasteiger partial charge in [-0.15, -0.1) is 0 Å². The van der Waals surface area contributed by atoms with Gasteiger partial charge in [-0.3, -0.25) is 14.9 Å². The molecule has 1 fully saturated rings. The van der Waals surface area contributed by atoms with Crippen LogP contribution in [0.1, 0.15) is 43.0 Å². The van der Waals surface area contributed by atoms with Crippen molar-refractivity contribution in [3.8, 4) is 0 Å². The molecule has 5 nitrogen and oxygen atoms in total. The van der Waals surface area contributed by atoms with Gasteiger partial charge in [0.2, 0.25) is 0 Å². The summed E-state index contributed by atoms with van der Waals surface area (Å²) < 4.78 is 0. The zero-order valence-electron chi connectivity index (χ0n) is 16.2. The summed E-state index contributed by atoms with van der Waals surface area (Å²) >= 11 is 0. The van der Waals surface area contributed by atoms with Crippen LogP contribution in [0.5, 0.6) is 0 Å². The van der Waals surface area contributed by atoms with E-state index in [-0.39, 0.29) is 0 Å². The van der Waals surface area contributed by atoms with Crippen molar-refractivity contribution in [1.82, 2.24) is 19.7 Å². The molecule has 142 valence electrons. The lowest BCUT2D eigenvalue weighted by Gasteiger charge is -2.34. The molecule has 1 aromatic rings. The molecular formula is C22H29N5. The number of likely N-dealkylation sites (N-methyl/N-ethyl adjacent to an activating group) is 1. The highest BCUT2D eigenvalue weighted by Gasteiger charge is 2.33. The van der Waals surface area contributed by atoms with Crippen molar-refractivity contribution >= 4 is 5.84 Å². The van der Waals surface area contributed by atoms with Crippen LogP contribution in [0.4, 0.5) is 0 Å². The van der Waals surface area contributed by atoms with Crippen LogP contribution in [-0.2, 0) is 6.42 Å². The minimum absolute atomic E-state index is 0.327. The van der Waals surface area contributed by atoms with Crippen LogP contribution in [0.15, 0.2) is 47.4 Å². The predicted molar refractivity (Wildman–Crippen MR) is 109 cm³/mol. The maximum atomic E-state index is 5.05. The fourth-order valence-electron chi connectivity index (χ4n) is 5.05. The SMILES string of the molecule is CN(CC1CN2C(N3CCCC3)=CC=CC2=N1)[C@H]1CCCc2cccnc21. The molecule has 4 heterocycles. The normalized spacial score (nSPS) is 26.9. The summed E-state index contributed by atoms with van der Waals surface area (Å²) in [6.07, 6.45) is 14.8. The Morgan fingerprint density at radius 1 is 1.22 bits per heavy atom. The smallest absolute Gasteiger partial charge is 0.129 e. The number of amidine groups is 1. The van der Waals surface area contributed by atoms with E-state index in [1.807, 2.05) is 6.20 Å². The van der Waals surface area contributed by atoms with E-state index in [0.29, 0.717) is 12.1 Å². The Hall–Kier alpha value is -2.14. The second-order valence-corrected chi connectivity index (χ2v) is 8.23. The number of hydrogen-bond acceptors (Lipinski definition) is 5. The van der Waals surface area contributed by atoms with Gasteiger partial charge in [-0.05, 0) is 62.9 Å². The third-order valence-electron chi connectivity index (χ3n) is 6.38. The van der Waals surface area contributed by atoms with Crippen LogP contribution in [-0.4, -0.2) is 64.8 Å². The van der Waals surface area contributed by atoms with Crippen LogP contribution < -0.4 is 0 Å². The number of aromatic nitrogens is 1. The Balaban J connectivity index is 1.29. The topological polar surface area (TPSA) is 35.0 Å². The molecule has 4 aliphatic rings. The minimum Gasteiger partial charge on any atom is -0.358 e. The third-order valence-corrected chi connectivity index (χ3v) is 6.38. The highest BCUT2D eigenvalue weighted by atomic mass is 15.4.